The molecule has 1 aromatic rings. The largest absolute Gasteiger partial charge is 0.545 e. The predicted molar refractivity (Wildman–Crippen MR) is 62.7 cm³/mol. The van der Waals surface area contributed by atoms with Crippen molar-refractivity contribution in [3.63, 3.8) is 0 Å². The average molecular weight is 275 g/mol. The number of nitrogens with zero attached hydrogens (tertiary/aromatic N) is 4. The van der Waals surface area contributed by atoms with Gasteiger partial charge >= 0.3 is 0 Å². The molecule has 102 valence electrons. The highest BCUT2D eigenvalue weighted by Crippen LogP contribution is 2.30. The molecule has 1 unspecified atom stereocenters. The smallest absolute Gasteiger partial charge is 0.263 e. The van der Waals surface area contributed by atoms with Crippen molar-refractivity contribution < 1.29 is 24.6 Å². The lowest BCUT2D eigenvalue weighted by Crippen LogP contribution is -2.34. The number of carboxylic acids is 1. The zero-order valence-electron chi connectivity index (χ0n) is 9.89. The van der Waals surface area contributed by atoms with E-state index in [9.17, 15) is 24.6 Å². The number of anilines is 1. The molecule has 1 heterocycles. The van der Waals surface area contributed by atoms with Crippen LogP contribution in [0.1, 0.15) is 16.8 Å². The van der Waals surface area contributed by atoms with Crippen molar-refractivity contribution in [2.24, 2.45) is 5.11 Å². The fourth-order valence-electron chi connectivity index (χ4n) is 1.86. The van der Waals surface area contributed by atoms with Gasteiger partial charge in [0.15, 0.2) is 0 Å². The number of imide groups is 1. The highest BCUT2D eigenvalue weighted by molar-refractivity contribution is 6.23. The van der Waals surface area contributed by atoms with Gasteiger partial charge in [0, 0.05) is 16.2 Å². The summed E-state index contributed by atoms with van der Waals surface area (Å²) in [6, 6.07) is 3.33. The third kappa shape index (κ3) is 2.18. The molecule has 1 saturated heterocycles. The van der Waals surface area contributed by atoms with Crippen molar-refractivity contribution in [1.82, 2.24) is 0 Å². The predicted octanol–water partition coefficient (Wildman–Crippen LogP) is -0.384. The summed E-state index contributed by atoms with van der Waals surface area (Å²) >= 11 is 0. The minimum atomic E-state index is -1.60. The van der Waals surface area contributed by atoms with E-state index in [4.69, 9.17) is 5.53 Å². The van der Waals surface area contributed by atoms with Gasteiger partial charge in [0.2, 0.25) is 5.91 Å². The topological polar surface area (TPSA) is 146 Å². The van der Waals surface area contributed by atoms with Crippen LogP contribution >= 0.6 is 0 Å². The molecule has 0 radical (unpaired) electrons. The van der Waals surface area contributed by atoms with Crippen molar-refractivity contribution in [3.05, 3.63) is 34.2 Å². The minimum absolute atomic E-state index is 0.0227. The highest BCUT2D eigenvalue weighted by atomic mass is 16.4. The van der Waals surface area contributed by atoms with Gasteiger partial charge in [-0.3, -0.25) is 9.59 Å². The Morgan fingerprint density at radius 2 is 2.20 bits per heavy atom. The molecule has 9 nitrogen and oxygen atoms in total. The first-order valence-corrected chi connectivity index (χ1v) is 5.41. The Morgan fingerprint density at radius 3 is 2.70 bits per heavy atom. The number of carboxylic acid groups (broad SMARTS) is 1. The molecule has 9 heteroatoms. The Kier molecular flexibility index (Phi) is 3.38. The van der Waals surface area contributed by atoms with Crippen LogP contribution in [0.5, 0.6) is 0 Å². The summed E-state index contributed by atoms with van der Waals surface area (Å²) in [5.74, 6) is -3.28. The molecule has 0 saturated carbocycles. The van der Waals surface area contributed by atoms with Crippen molar-refractivity contribution in [2.75, 3.05) is 4.90 Å². The van der Waals surface area contributed by atoms with Crippen molar-refractivity contribution >= 4 is 29.2 Å². The van der Waals surface area contributed by atoms with Crippen LogP contribution in [0.2, 0.25) is 0 Å². The van der Waals surface area contributed by atoms with E-state index in [0.717, 1.165) is 12.1 Å². The summed E-state index contributed by atoms with van der Waals surface area (Å²) in [6.07, 6.45) is -1.95. The second kappa shape index (κ2) is 5.00. The van der Waals surface area contributed by atoms with Crippen LogP contribution in [-0.4, -0.2) is 29.0 Å². The standard InChI is InChI=1S/C11H8N4O5/c12-14-13-5-1-2-6(11(19)20)7(3-5)15-9(17)4-8(16)10(15)18/h1-3,8,16H,4H2,(H,19,20)/p-1. The summed E-state index contributed by atoms with van der Waals surface area (Å²) in [7, 11) is 0. The van der Waals surface area contributed by atoms with Crippen molar-refractivity contribution in [2.45, 2.75) is 12.5 Å². The van der Waals surface area contributed by atoms with E-state index >= 15 is 0 Å². The Bertz CT molecular complexity index is 665. The van der Waals surface area contributed by atoms with Crippen LogP contribution in [-0.2, 0) is 9.59 Å². The average Bonchev–Trinajstić information content (AvgIpc) is 2.63. The van der Waals surface area contributed by atoms with Crippen LogP contribution in [0.25, 0.3) is 10.4 Å². The summed E-state index contributed by atoms with van der Waals surface area (Å²) in [5.41, 5.74) is 7.66. The van der Waals surface area contributed by atoms with Gasteiger partial charge in [-0.05, 0) is 11.6 Å². The van der Waals surface area contributed by atoms with Crippen LogP contribution in [0, 0.1) is 0 Å². The molecule has 2 amide bonds. The van der Waals surface area contributed by atoms with Gasteiger partial charge in [-0.25, -0.2) is 4.90 Å². The third-order valence-electron chi connectivity index (χ3n) is 2.73. The lowest BCUT2D eigenvalue weighted by molar-refractivity contribution is -0.254. The number of azide groups is 1. The van der Waals surface area contributed by atoms with Gasteiger partial charge in [-0.15, -0.1) is 0 Å². The number of carbonyl (C=O) groups is 3. The fraction of sp³-hybridized carbons (Fsp3) is 0.182. The normalized spacial score (nSPS) is 18.1. The van der Waals surface area contributed by atoms with E-state index < -0.39 is 35.9 Å². The van der Waals surface area contributed by atoms with E-state index in [0.29, 0.717) is 4.90 Å². The Morgan fingerprint density at radius 1 is 1.50 bits per heavy atom. The van der Waals surface area contributed by atoms with Crippen molar-refractivity contribution in [3.8, 4) is 0 Å². The van der Waals surface area contributed by atoms with Gasteiger partial charge in [-0.2, -0.15) is 0 Å². The molecule has 1 N–H and O–H groups in total. The maximum absolute atomic E-state index is 11.7. The van der Waals surface area contributed by atoms with Crippen LogP contribution in [0.3, 0.4) is 0 Å². The first-order valence-electron chi connectivity index (χ1n) is 5.41. The monoisotopic (exact) mass is 275 g/mol. The molecule has 1 aromatic carbocycles. The number of aliphatic hydroxyl groups is 1. The van der Waals surface area contributed by atoms with E-state index in [1.807, 2.05) is 0 Å². The second-order valence-electron chi connectivity index (χ2n) is 3.97. The second-order valence-corrected chi connectivity index (χ2v) is 3.97. The summed E-state index contributed by atoms with van der Waals surface area (Å²) in [6.45, 7) is 0. The van der Waals surface area contributed by atoms with E-state index in [-0.39, 0.29) is 11.4 Å². The highest BCUT2D eigenvalue weighted by Gasteiger charge is 2.39. The Balaban J connectivity index is 2.61. The van der Waals surface area contributed by atoms with Gasteiger partial charge < -0.3 is 15.0 Å². The number of hydrogen-bond acceptors (Lipinski definition) is 6. The van der Waals surface area contributed by atoms with E-state index in [2.05, 4.69) is 10.0 Å². The van der Waals surface area contributed by atoms with E-state index in [1.165, 1.54) is 6.07 Å². The maximum Gasteiger partial charge on any atom is 0.263 e. The van der Waals surface area contributed by atoms with Crippen LogP contribution < -0.4 is 10.0 Å². The number of aromatic carboxylic acids is 1. The first kappa shape index (κ1) is 13.5. The van der Waals surface area contributed by atoms with Gasteiger partial charge in [0.25, 0.3) is 5.91 Å². The number of carbonyl (C=O) groups excluding carboxylic acids is 3. The summed E-state index contributed by atoms with van der Waals surface area (Å²) < 4.78 is 0. The fourth-order valence-corrected chi connectivity index (χ4v) is 1.86. The molecule has 20 heavy (non-hydrogen) atoms. The first-order chi connectivity index (χ1) is 9.45. The summed E-state index contributed by atoms with van der Waals surface area (Å²) in [4.78, 5) is 37.5. The molecule has 1 atom stereocenters. The van der Waals surface area contributed by atoms with E-state index in [1.54, 1.807) is 0 Å². The van der Waals surface area contributed by atoms with Crippen molar-refractivity contribution in [1.29, 1.82) is 0 Å². The lowest BCUT2D eigenvalue weighted by Gasteiger charge is -2.19. The molecular formula is C11H7N4O5-. The van der Waals surface area contributed by atoms with Crippen LogP contribution in [0.4, 0.5) is 11.4 Å². The molecule has 1 aliphatic heterocycles. The molecular weight excluding hydrogens is 268 g/mol. The zero-order chi connectivity index (χ0) is 14.9. The summed E-state index contributed by atoms with van der Waals surface area (Å²) in [5, 5.41) is 23.6. The van der Waals surface area contributed by atoms with Gasteiger partial charge in [0.1, 0.15) is 6.10 Å². The number of amides is 2. The van der Waals surface area contributed by atoms with Gasteiger partial charge in [-0.1, -0.05) is 17.2 Å². The molecule has 1 fully saturated rings. The number of hydrogen-bond donors (Lipinski definition) is 1. The molecule has 0 aliphatic carbocycles. The third-order valence-corrected chi connectivity index (χ3v) is 2.73. The zero-order valence-corrected chi connectivity index (χ0v) is 9.89. The number of rotatable bonds is 3. The SMILES string of the molecule is [N-]=[N+]=Nc1ccc(C(=O)[O-])c(N2C(=O)CC(O)C2=O)c1. The van der Waals surface area contributed by atoms with Crippen LogP contribution in [0.15, 0.2) is 23.3 Å². The maximum atomic E-state index is 11.7. The molecule has 0 aromatic heterocycles. The number of aliphatic hydroxyl groups excluding tert-OH is 1. The molecule has 0 spiro atoms. The molecule has 2 rings (SSSR count). The Hall–Kier alpha value is -2.90. The number of benzene rings is 1. The quantitative estimate of drug-likeness (QED) is 0.345. The Labute approximate surface area is 111 Å². The lowest BCUT2D eigenvalue weighted by atomic mass is 10.1. The molecule has 1 aliphatic rings. The van der Waals surface area contributed by atoms with Gasteiger partial charge in [0.05, 0.1) is 18.1 Å². The molecule has 0 bridgehead atoms. The minimum Gasteiger partial charge on any atom is -0.545 e.